The second-order valence-electron chi connectivity index (χ2n) is 4.64. The predicted molar refractivity (Wildman–Crippen MR) is 78.4 cm³/mol. The van der Waals surface area contributed by atoms with Gasteiger partial charge < -0.3 is 10.2 Å². The number of rotatable bonds is 5. The zero-order valence-electron chi connectivity index (χ0n) is 11.6. The highest BCUT2D eigenvalue weighted by Crippen LogP contribution is 2.11. The van der Waals surface area contributed by atoms with Crippen molar-refractivity contribution < 1.29 is 13.6 Å². The van der Waals surface area contributed by atoms with Gasteiger partial charge in [0.1, 0.15) is 11.6 Å². The second-order valence-corrected chi connectivity index (χ2v) is 4.64. The maximum Gasteiger partial charge on any atom is 0.254 e. The van der Waals surface area contributed by atoms with Gasteiger partial charge >= 0.3 is 0 Å². The molecule has 0 aliphatic heterocycles. The Hall–Kier alpha value is -2.43. The molecule has 0 bridgehead atoms. The van der Waals surface area contributed by atoms with E-state index >= 15 is 0 Å². The maximum atomic E-state index is 13.4. The molecule has 1 amide bonds. The van der Waals surface area contributed by atoms with Gasteiger partial charge in [-0.05, 0) is 24.3 Å². The quantitative estimate of drug-likeness (QED) is 0.918. The van der Waals surface area contributed by atoms with Gasteiger partial charge in [-0.2, -0.15) is 0 Å². The Morgan fingerprint density at radius 3 is 2.52 bits per heavy atom. The summed E-state index contributed by atoms with van der Waals surface area (Å²) in [5.74, 6) is -2.11. The van der Waals surface area contributed by atoms with Crippen molar-refractivity contribution in [3.05, 3.63) is 65.7 Å². The van der Waals surface area contributed by atoms with E-state index in [1.807, 2.05) is 42.3 Å². The van der Waals surface area contributed by atoms with Crippen LogP contribution in [0.1, 0.15) is 10.4 Å². The number of likely N-dealkylation sites (N-methyl/N-ethyl adjacent to an activating group) is 1. The van der Waals surface area contributed by atoms with Gasteiger partial charge in [-0.1, -0.05) is 18.2 Å². The summed E-state index contributed by atoms with van der Waals surface area (Å²) in [6, 6.07) is 12.6. The van der Waals surface area contributed by atoms with Gasteiger partial charge in [0.2, 0.25) is 0 Å². The van der Waals surface area contributed by atoms with Crippen LogP contribution in [0, 0.1) is 11.6 Å². The van der Waals surface area contributed by atoms with E-state index in [2.05, 4.69) is 5.32 Å². The van der Waals surface area contributed by atoms with Crippen LogP contribution in [0.5, 0.6) is 0 Å². The lowest BCUT2D eigenvalue weighted by atomic mass is 10.2. The highest BCUT2D eigenvalue weighted by molar-refractivity contribution is 5.94. The molecule has 21 heavy (non-hydrogen) atoms. The summed E-state index contributed by atoms with van der Waals surface area (Å²) in [6.07, 6.45) is 0. The molecule has 0 heterocycles. The van der Waals surface area contributed by atoms with Crippen molar-refractivity contribution in [2.24, 2.45) is 0 Å². The zero-order chi connectivity index (χ0) is 15.2. The van der Waals surface area contributed by atoms with E-state index in [1.54, 1.807) is 0 Å². The Kier molecular flexibility index (Phi) is 4.87. The number of para-hydroxylation sites is 1. The lowest BCUT2D eigenvalue weighted by Gasteiger charge is -2.19. The average molecular weight is 290 g/mol. The molecular weight excluding hydrogens is 274 g/mol. The molecule has 0 aromatic heterocycles. The summed E-state index contributed by atoms with van der Waals surface area (Å²) in [7, 11) is 1.90. The molecular formula is C16H16F2N2O. The fourth-order valence-corrected chi connectivity index (χ4v) is 1.92. The molecule has 1 N–H and O–H groups in total. The smallest absolute Gasteiger partial charge is 0.254 e. The Morgan fingerprint density at radius 2 is 1.86 bits per heavy atom. The van der Waals surface area contributed by atoms with Crippen LogP contribution in [0.25, 0.3) is 0 Å². The largest absolute Gasteiger partial charge is 0.373 e. The van der Waals surface area contributed by atoms with Gasteiger partial charge in [0.15, 0.2) is 0 Å². The van der Waals surface area contributed by atoms with Gasteiger partial charge in [-0.15, -0.1) is 0 Å². The van der Waals surface area contributed by atoms with Crippen molar-refractivity contribution in [1.29, 1.82) is 0 Å². The highest BCUT2D eigenvalue weighted by atomic mass is 19.1. The number of nitrogens with zero attached hydrogens (tertiary/aromatic N) is 1. The van der Waals surface area contributed by atoms with Crippen molar-refractivity contribution in [3.8, 4) is 0 Å². The SMILES string of the molecule is CN(CCNC(=O)c1ccc(F)cc1F)c1ccccc1. The summed E-state index contributed by atoms with van der Waals surface area (Å²) < 4.78 is 26.2. The molecule has 0 unspecified atom stereocenters. The van der Waals surface area contributed by atoms with Crippen LogP contribution in [-0.4, -0.2) is 26.0 Å². The second kappa shape index (κ2) is 6.83. The Balaban J connectivity index is 1.87. The lowest BCUT2D eigenvalue weighted by molar-refractivity contribution is 0.0950. The van der Waals surface area contributed by atoms with Gasteiger partial charge in [0.25, 0.3) is 5.91 Å². The molecule has 110 valence electrons. The third kappa shape index (κ3) is 4.02. The monoisotopic (exact) mass is 290 g/mol. The molecule has 0 aliphatic rings. The Bertz CT molecular complexity index is 617. The van der Waals surface area contributed by atoms with Crippen molar-refractivity contribution >= 4 is 11.6 Å². The lowest BCUT2D eigenvalue weighted by Crippen LogP contribution is -2.33. The van der Waals surface area contributed by atoms with E-state index in [4.69, 9.17) is 0 Å². The first-order valence-corrected chi connectivity index (χ1v) is 6.57. The molecule has 2 rings (SSSR count). The molecule has 5 heteroatoms. The van der Waals surface area contributed by atoms with Crippen molar-refractivity contribution in [2.45, 2.75) is 0 Å². The molecule has 0 fully saturated rings. The summed E-state index contributed by atoms with van der Waals surface area (Å²) >= 11 is 0. The first kappa shape index (κ1) is 15.0. The first-order chi connectivity index (χ1) is 10.1. The number of amides is 1. The van der Waals surface area contributed by atoms with Crippen LogP contribution >= 0.6 is 0 Å². The Labute approximate surface area is 122 Å². The number of carbonyl (C=O) groups excluding carboxylic acids is 1. The zero-order valence-corrected chi connectivity index (χ0v) is 11.6. The third-order valence-electron chi connectivity index (χ3n) is 3.11. The van der Waals surface area contributed by atoms with Crippen molar-refractivity contribution in [2.75, 3.05) is 25.0 Å². The average Bonchev–Trinajstić information content (AvgIpc) is 2.47. The topological polar surface area (TPSA) is 32.3 Å². The van der Waals surface area contributed by atoms with Crippen molar-refractivity contribution in [3.63, 3.8) is 0 Å². The van der Waals surface area contributed by atoms with Crippen LogP contribution in [0.3, 0.4) is 0 Å². The van der Waals surface area contributed by atoms with E-state index < -0.39 is 17.5 Å². The van der Waals surface area contributed by atoms with E-state index in [1.165, 1.54) is 0 Å². The molecule has 0 saturated carbocycles. The van der Waals surface area contributed by atoms with Crippen LogP contribution in [-0.2, 0) is 0 Å². The van der Waals surface area contributed by atoms with Crippen molar-refractivity contribution in [1.82, 2.24) is 5.32 Å². The fraction of sp³-hybridized carbons (Fsp3) is 0.188. The normalized spacial score (nSPS) is 10.2. The number of halogens is 2. The van der Waals surface area contributed by atoms with E-state index in [9.17, 15) is 13.6 Å². The minimum absolute atomic E-state index is 0.154. The maximum absolute atomic E-state index is 13.4. The number of hydrogen-bond donors (Lipinski definition) is 1. The number of benzene rings is 2. The standard InChI is InChI=1S/C16H16F2N2O/c1-20(13-5-3-2-4-6-13)10-9-19-16(21)14-8-7-12(17)11-15(14)18/h2-8,11H,9-10H2,1H3,(H,19,21). The molecule has 2 aromatic rings. The summed E-state index contributed by atoms with van der Waals surface area (Å²) in [5.41, 5.74) is 0.874. The minimum atomic E-state index is -0.857. The fourth-order valence-electron chi connectivity index (χ4n) is 1.92. The van der Waals surface area contributed by atoms with Gasteiger partial charge in [0.05, 0.1) is 5.56 Å². The molecule has 2 aromatic carbocycles. The van der Waals surface area contributed by atoms with E-state index in [-0.39, 0.29) is 5.56 Å². The number of hydrogen-bond acceptors (Lipinski definition) is 2. The third-order valence-corrected chi connectivity index (χ3v) is 3.11. The number of carbonyl (C=O) groups is 1. The van der Waals surface area contributed by atoms with E-state index in [0.29, 0.717) is 19.2 Å². The van der Waals surface area contributed by atoms with Gasteiger partial charge in [-0.3, -0.25) is 4.79 Å². The number of anilines is 1. The Morgan fingerprint density at radius 1 is 1.14 bits per heavy atom. The van der Waals surface area contributed by atoms with Crippen LogP contribution < -0.4 is 10.2 Å². The number of nitrogens with one attached hydrogen (secondary N) is 1. The van der Waals surface area contributed by atoms with Crippen LogP contribution in [0.2, 0.25) is 0 Å². The van der Waals surface area contributed by atoms with E-state index in [0.717, 1.165) is 17.8 Å². The first-order valence-electron chi connectivity index (χ1n) is 6.57. The van der Waals surface area contributed by atoms with Gasteiger partial charge in [0, 0.05) is 31.9 Å². The molecule has 0 spiro atoms. The van der Waals surface area contributed by atoms with Gasteiger partial charge in [-0.25, -0.2) is 8.78 Å². The molecule has 0 radical (unpaired) electrons. The summed E-state index contributed by atoms with van der Waals surface area (Å²) in [5, 5.41) is 2.62. The summed E-state index contributed by atoms with van der Waals surface area (Å²) in [4.78, 5) is 13.8. The molecule has 0 aliphatic carbocycles. The molecule has 3 nitrogen and oxygen atoms in total. The molecule has 0 atom stereocenters. The summed E-state index contributed by atoms with van der Waals surface area (Å²) in [6.45, 7) is 0.944. The predicted octanol–water partition coefficient (Wildman–Crippen LogP) is 2.83. The highest BCUT2D eigenvalue weighted by Gasteiger charge is 2.12. The minimum Gasteiger partial charge on any atom is -0.373 e. The van der Waals surface area contributed by atoms with Crippen LogP contribution in [0.4, 0.5) is 14.5 Å². The molecule has 0 saturated heterocycles. The van der Waals surface area contributed by atoms with Crippen LogP contribution in [0.15, 0.2) is 48.5 Å².